The van der Waals surface area contributed by atoms with E-state index < -0.39 is 0 Å². The number of hydrogen-bond donors (Lipinski definition) is 2. The minimum atomic E-state index is 0.570. The maximum absolute atomic E-state index is 4.49. The third-order valence-corrected chi connectivity index (χ3v) is 15.5. The predicted octanol–water partition coefficient (Wildman–Crippen LogP) is 6.70. The van der Waals surface area contributed by atoms with Crippen LogP contribution in [0.15, 0.2) is 24.3 Å². The molecule has 1 aromatic rings. The van der Waals surface area contributed by atoms with Gasteiger partial charge in [-0.1, -0.05) is 24.3 Å². The van der Waals surface area contributed by atoms with Crippen LogP contribution in [0.2, 0.25) is 0 Å². The van der Waals surface area contributed by atoms with Gasteiger partial charge in [-0.25, -0.2) is 0 Å². The van der Waals surface area contributed by atoms with Gasteiger partial charge >= 0.3 is 0 Å². The zero-order valence-electron chi connectivity index (χ0n) is 14.9. The zero-order valence-corrected chi connectivity index (χ0v) is 21.6. The topological polar surface area (TPSA) is 0 Å². The van der Waals surface area contributed by atoms with Gasteiger partial charge in [0.1, 0.15) is 0 Å². The van der Waals surface area contributed by atoms with Crippen molar-refractivity contribution >= 4 is 95.8 Å². The van der Waals surface area contributed by atoms with E-state index in [2.05, 4.69) is 109 Å². The quantitative estimate of drug-likeness (QED) is 0.380. The molecule has 0 amide bonds. The Morgan fingerprint density at radius 3 is 1.50 bits per heavy atom. The second kappa shape index (κ2) is 11.4. The van der Waals surface area contributed by atoms with Gasteiger partial charge in [-0.3, -0.25) is 0 Å². The molecule has 6 atom stereocenters. The molecule has 0 saturated carbocycles. The van der Waals surface area contributed by atoms with Crippen LogP contribution < -0.4 is 0 Å². The molecular formula is C18H26S8. The van der Waals surface area contributed by atoms with Gasteiger partial charge in [0.15, 0.2) is 0 Å². The number of rotatable bonds is 8. The zero-order chi connectivity index (χ0) is 18.5. The average Bonchev–Trinajstić information content (AvgIpc) is 3.34. The molecule has 0 bridgehead atoms. The molecule has 26 heavy (non-hydrogen) atoms. The fourth-order valence-corrected chi connectivity index (χ4v) is 14.1. The summed E-state index contributed by atoms with van der Waals surface area (Å²) in [7, 11) is 0. The first kappa shape index (κ1) is 22.7. The summed E-state index contributed by atoms with van der Waals surface area (Å²) in [6, 6.07) is 9.54. The lowest BCUT2D eigenvalue weighted by Crippen LogP contribution is -2.09. The number of thiol groups is 2. The molecule has 2 aliphatic heterocycles. The smallest absolute Gasteiger partial charge is 0.0665 e. The third-order valence-electron chi connectivity index (χ3n) is 4.55. The SMILES string of the molecule is CSC(c1ccc(C(SC)C2SCC(CS)S2)cc1)C1SCC(CS)S1. The largest absolute Gasteiger partial charge is 0.178 e. The van der Waals surface area contributed by atoms with Crippen LogP contribution in [0.1, 0.15) is 21.6 Å². The predicted molar refractivity (Wildman–Crippen MR) is 142 cm³/mol. The van der Waals surface area contributed by atoms with Gasteiger partial charge in [0.25, 0.3) is 0 Å². The van der Waals surface area contributed by atoms with Crippen LogP contribution in [0.5, 0.6) is 0 Å². The van der Waals surface area contributed by atoms with E-state index in [1.165, 1.54) is 22.6 Å². The third kappa shape index (κ3) is 5.58. The molecule has 2 fully saturated rings. The fourth-order valence-electron chi connectivity index (χ4n) is 3.13. The first-order chi connectivity index (χ1) is 12.7. The van der Waals surface area contributed by atoms with Crippen LogP contribution in [-0.2, 0) is 0 Å². The van der Waals surface area contributed by atoms with Gasteiger partial charge in [0, 0.05) is 33.5 Å². The maximum atomic E-state index is 4.49. The standard InChI is InChI=1S/C18H26S8/c1-21-15(17-23-9-13(7-19)25-17)11-3-5-12(6-4-11)16(22-2)18-24-10-14(8-20)26-18/h3-6,13-20H,7-10H2,1-2H3. The van der Waals surface area contributed by atoms with Crippen molar-refractivity contribution in [3.63, 3.8) is 0 Å². The molecular weight excluding hydrogens is 473 g/mol. The van der Waals surface area contributed by atoms with E-state index in [0.717, 1.165) is 11.5 Å². The summed E-state index contributed by atoms with van der Waals surface area (Å²) < 4.78 is 1.31. The van der Waals surface area contributed by atoms with Crippen molar-refractivity contribution in [1.29, 1.82) is 0 Å². The summed E-state index contributed by atoms with van der Waals surface area (Å²) in [5, 5.41) is 2.56. The van der Waals surface area contributed by atoms with Crippen LogP contribution >= 0.6 is 95.8 Å². The summed E-state index contributed by atoms with van der Waals surface area (Å²) >= 11 is 21.4. The Balaban J connectivity index is 1.68. The Hall–Kier alpha value is 2.02. The van der Waals surface area contributed by atoms with Crippen LogP contribution in [0.3, 0.4) is 0 Å². The van der Waals surface area contributed by atoms with Gasteiger partial charge < -0.3 is 0 Å². The number of hydrogen-bond acceptors (Lipinski definition) is 8. The van der Waals surface area contributed by atoms with Gasteiger partial charge in [-0.2, -0.15) is 48.8 Å². The van der Waals surface area contributed by atoms with E-state index in [1.54, 1.807) is 0 Å². The molecule has 3 rings (SSSR count). The molecule has 2 aliphatic rings. The summed E-state index contributed by atoms with van der Waals surface area (Å²) in [5.41, 5.74) is 2.96. The molecule has 2 saturated heterocycles. The summed E-state index contributed by atoms with van der Waals surface area (Å²) in [6.07, 6.45) is 4.50. The van der Waals surface area contributed by atoms with E-state index in [0.29, 0.717) is 30.2 Å². The molecule has 0 radical (unpaired) electrons. The van der Waals surface area contributed by atoms with Gasteiger partial charge in [0.2, 0.25) is 0 Å². The van der Waals surface area contributed by atoms with E-state index >= 15 is 0 Å². The van der Waals surface area contributed by atoms with E-state index in [4.69, 9.17) is 0 Å². The second-order valence-electron chi connectivity index (χ2n) is 6.26. The molecule has 0 spiro atoms. The monoisotopic (exact) mass is 498 g/mol. The van der Waals surface area contributed by atoms with Gasteiger partial charge in [-0.15, -0.1) is 47.0 Å². The van der Waals surface area contributed by atoms with Crippen molar-refractivity contribution in [1.82, 2.24) is 0 Å². The van der Waals surface area contributed by atoms with Crippen molar-refractivity contribution < 1.29 is 0 Å². The van der Waals surface area contributed by atoms with Gasteiger partial charge in [0.05, 0.1) is 19.7 Å². The molecule has 0 N–H and O–H groups in total. The Morgan fingerprint density at radius 2 is 1.23 bits per heavy atom. The number of thioether (sulfide) groups is 6. The molecule has 1 aromatic carbocycles. The lowest BCUT2D eigenvalue weighted by Gasteiger charge is -2.24. The van der Waals surface area contributed by atoms with Crippen molar-refractivity contribution in [3.05, 3.63) is 35.4 Å². The van der Waals surface area contributed by atoms with Crippen LogP contribution in [0.25, 0.3) is 0 Å². The molecule has 6 unspecified atom stereocenters. The molecule has 146 valence electrons. The Morgan fingerprint density at radius 1 is 0.846 bits per heavy atom. The van der Waals surface area contributed by atoms with Crippen molar-refractivity contribution in [2.75, 3.05) is 35.5 Å². The van der Waals surface area contributed by atoms with Crippen LogP contribution in [0, 0.1) is 0 Å². The highest BCUT2D eigenvalue weighted by Gasteiger charge is 2.34. The van der Waals surface area contributed by atoms with Crippen molar-refractivity contribution in [2.24, 2.45) is 0 Å². The lowest BCUT2D eigenvalue weighted by molar-refractivity contribution is 1.04. The molecule has 0 aliphatic carbocycles. The van der Waals surface area contributed by atoms with Crippen LogP contribution in [0.4, 0.5) is 0 Å². The molecule has 0 nitrogen and oxygen atoms in total. The minimum absolute atomic E-state index is 0.570. The minimum Gasteiger partial charge on any atom is -0.178 e. The number of benzene rings is 1. The van der Waals surface area contributed by atoms with Crippen LogP contribution in [-0.4, -0.2) is 55.2 Å². The Kier molecular flexibility index (Phi) is 9.97. The highest BCUT2D eigenvalue weighted by atomic mass is 32.2. The summed E-state index contributed by atoms with van der Waals surface area (Å²) in [5.74, 6) is 4.47. The van der Waals surface area contributed by atoms with E-state index in [9.17, 15) is 0 Å². The van der Waals surface area contributed by atoms with Crippen molar-refractivity contribution in [3.8, 4) is 0 Å². The summed E-state index contributed by atoms with van der Waals surface area (Å²) in [6.45, 7) is 0. The van der Waals surface area contributed by atoms with Crippen molar-refractivity contribution in [2.45, 2.75) is 30.2 Å². The maximum Gasteiger partial charge on any atom is 0.0665 e. The second-order valence-corrected chi connectivity index (χ2v) is 14.8. The highest BCUT2D eigenvalue weighted by Crippen LogP contribution is 2.51. The Labute approximate surface area is 195 Å². The summed E-state index contributed by atoms with van der Waals surface area (Å²) in [4.78, 5) is 0. The molecule has 0 aromatic heterocycles. The van der Waals surface area contributed by atoms with E-state index in [-0.39, 0.29) is 0 Å². The molecule has 2 heterocycles. The highest BCUT2D eigenvalue weighted by molar-refractivity contribution is 8.22. The fraction of sp³-hybridized carbons (Fsp3) is 0.667. The first-order valence-electron chi connectivity index (χ1n) is 8.61. The lowest BCUT2D eigenvalue weighted by atomic mass is 10.1. The average molecular weight is 499 g/mol. The first-order valence-corrected chi connectivity index (χ1v) is 16.4. The Bertz CT molecular complexity index is 502. The van der Waals surface area contributed by atoms with Gasteiger partial charge in [-0.05, 0) is 23.6 Å². The van der Waals surface area contributed by atoms with E-state index in [1.807, 2.05) is 23.5 Å². The normalized spacial score (nSPS) is 31.2. The molecule has 8 heteroatoms.